The highest BCUT2D eigenvalue weighted by atomic mass is 35.5. The van der Waals surface area contributed by atoms with Crippen molar-refractivity contribution in [2.45, 2.75) is 6.04 Å². The number of benzene rings is 1. The van der Waals surface area contributed by atoms with E-state index in [2.05, 4.69) is 6.58 Å². The van der Waals surface area contributed by atoms with E-state index in [1.165, 1.54) is 0 Å². The maximum Gasteiger partial charge on any atom is 0.119 e. The Balaban J connectivity index is 3.10. The molecule has 0 amide bonds. The number of hydrogen-bond donors (Lipinski definition) is 1. The third-order valence-corrected chi connectivity index (χ3v) is 2.16. The molecule has 1 atom stereocenters. The van der Waals surface area contributed by atoms with Crippen molar-refractivity contribution in [1.82, 2.24) is 0 Å². The lowest BCUT2D eigenvalue weighted by molar-refractivity contribution is 0.414. The fourth-order valence-corrected chi connectivity index (χ4v) is 1.27. The molecule has 0 aromatic heterocycles. The molecule has 0 aliphatic carbocycles. The normalized spacial score (nSPS) is 12.2. The van der Waals surface area contributed by atoms with Crippen LogP contribution in [-0.4, -0.2) is 7.11 Å². The Hall–Kier alpha value is -0.990. The summed E-state index contributed by atoms with van der Waals surface area (Å²) in [6.45, 7) is 3.61. The van der Waals surface area contributed by atoms with E-state index < -0.39 is 0 Å². The summed E-state index contributed by atoms with van der Waals surface area (Å²) in [6.07, 6.45) is 1.64. The Bertz CT molecular complexity index is 312. The Labute approximate surface area is 83.0 Å². The second-order valence-electron chi connectivity index (χ2n) is 2.65. The first-order valence-electron chi connectivity index (χ1n) is 3.90. The van der Waals surface area contributed by atoms with Crippen LogP contribution in [0.25, 0.3) is 0 Å². The van der Waals surface area contributed by atoms with Gasteiger partial charge in [-0.3, -0.25) is 0 Å². The molecule has 1 rings (SSSR count). The summed E-state index contributed by atoms with van der Waals surface area (Å²) in [7, 11) is 1.60. The third-order valence-electron chi connectivity index (χ3n) is 1.82. The molecule has 13 heavy (non-hydrogen) atoms. The minimum absolute atomic E-state index is 0.248. The molecule has 2 nitrogen and oxygen atoms in total. The average molecular weight is 198 g/mol. The summed E-state index contributed by atoms with van der Waals surface area (Å²) in [5.41, 5.74) is 6.59. The number of hydrogen-bond acceptors (Lipinski definition) is 2. The number of nitrogens with two attached hydrogens (primary N) is 1. The van der Waals surface area contributed by atoms with Crippen LogP contribution in [0.3, 0.4) is 0 Å². The van der Waals surface area contributed by atoms with Crippen LogP contribution in [-0.2, 0) is 0 Å². The highest BCUT2D eigenvalue weighted by Crippen LogP contribution is 2.26. The monoisotopic (exact) mass is 197 g/mol. The van der Waals surface area contributed by atoms with Crippen LogP contribution in [0, 0.1) is 0 Å². The van der Waals surface area contributed by atoms with Crippen LogP contribution in [0.1, 0.15) is 11.6 Å². The number of methoxy groups -OCH3 is 1. The quantitative estimate of drug-likeness (QED) is 0.756. The van der Waals surface area contributed by atoms with Crippen molar-refractivity contribution < 1.29 is 4.74 Å². The first-order valence-corrected chi connectivity index (χ1v) is 4.28. The Morgan fingerprint density at radius 3 is 2.85 bits per heavy atom. The molecule has 1 aromatic rings. The maximum absolute atomic E-state index is 5.94. The average Bonchev–Trinajstić information content (AvgIpc) is 2.17. The van der Waals surface area contributed by atoms with E-state index in [1.807, 2.05) is 6.07 Å². The smallest absolute Gasteiger partial charge is 0.119 e. The van der Waals surface area contributed by atoms with Crippen LogP contribution < -0.4 is 10.5 Å². The summed E-state index contributed by atoms with van der Waals surface area (Å²) < 4.78 is 5.06. The van der Waals surface area contributed by atoms with Gasteiger partial charge in [0.05, 0.1) is 7.11 Å². The van der Waals surface area contributed by atoms with Gasteiger partial charge in [0.1, 0.15) is 5.75 Å². The Kier molecular flexibility index (Phi) is 3.34. The molecule has 0 saturated heterocycles. The van der Waals surface area contributed by atoms with Crippen molar-refractivity contribution in [2.24, 2.45) is 5.73 Å². The zero-order valence-corrected chi connectivity index (χ0v) is 8.21. The van der Waals surface area contributed by atoms with E-state index >= 15 is 0 Å². The lowest BCUT2D eigenvalue weighted by atomic mass is 10.1. The predicted octanol–water partition coefficient (Wildman–Crippen LogP) is 2.53. The molecule has 0 bridgehead atoms. The van der Waals surface area contributed by atoms with Gasteiger partial charge < -0.3 is 10.5 Å². The fraction of sp³-hybridized carbons (Fsp3) is 0.200. The molecule has 0 saturated carbocycles. The number of rotatable bonds is 3. The van der Waals surface area contributed by atoms with Gasteiger partial charge in [0.2, 0.25) is 0 Å². The van der Waals surface area contributed by atoms with Crippen molar-refractivity contribution in [2.75, 3.05) is 7.11 Å². The van der Waals surface area contributed by atoms with Crippen LogP contribution in [0.4, 0.5) is 0 Å². The lowest BCUT2D eigenvalue weighted by Crippen LogP contribution is -2.07. The molecule has 0 aliphatic heterocycles. The van der Waals surface area contributed by atoms with Gasteiger partial charge in [0, 0.05) is 11.1 Å². The molecule has 0 fully saturated rings. The molecular formula is C10H12ClNO. The van der Waals surface area contributed by atoms with Crippen LogP contribution in [0.5, 0.6) is 5.75 Å². The SMILES string of the molecule is C=CC(N)c1cc(OC)ccc1Cl. The van der Waals surface area contributed by atoms with Gasteiger partial charge in [-0.25, -0.2) is 0 Å². The standard InChI is InChI=1S/C10H12ClNO/c1-3-10(12)8-6-7(13-2)4-5-9(8)11/h3-6,10H,1,12H2,2H3. The van der Waals surface area contributed by atoms with Crippen molar-refractivity contribution in [1.29, 1.82) is 0 Å². The van der Waals surface area contributed by atoms with Gasteiger partial charge in [-0.05, 0) is 23.8 Å². The minimum atomic E-state index is -0.248. The van der Waals surface area contributed by atoms with Gasteiger partial charge in [0.25, 0.3) is 0 Å². The molecule has 3 heteroatoms. The van der Waals surface area contributed by atoms with Gasteiger partial charge in [-0.15, -0.1) is 6.58 Å². The van der Waals surface area contributed by atoms with Crippen LogP contribution in [0.2, 0.25) is 5.02 Å². The van der Waals surface area contributed by atoms with E-state index in [4.69, 9.17) is 22.1 Å². The van der Waals surface area contributed by atoms with Gasteiger partial charge >= 0.3 is 0 Å². The molecule has 1 aromatic carbocycles. The van der Waals surface area contributed by atoms with Crippen LogP contribution >= 0.6 is 11.6 Å². The van der Waals surface area contributed by atoms with Crippen molar-refractivity contribution in [3.05, 3.63) is 41.4 Å². The molecule has 0 heterocycles. The third kappa shape index (κ3) is 2.23. The van der Waals surface area contributed by atoms with E-state index in [0.717, 1.165) is 11.3 Å². The number of halogens is 1. The van der Waals surface area contributed by atoms with Gasteiger partial charge in [-0.1, -0.05) is 17.7 Å². The predicted molar refractivity (Wildman–Crippen MR) is 55.1 cm³/mol. The molecule has 0 spiro atoms. The first kappa shape index (κ1) is 10.1. The van der Waals surface area contributed by atoms with Crippen molar-refractivity contribution >= 4 is 11.6 Å². The topological polar surface area (TPSA) is 35.2 Å². The van der Waals surface area contributed by atoms with Gasteiger partial charge in [-0.2, -0.15) is 0 Å². The second kappa shape index (κ2) is 4.30. The molecule has 0 radical (unpaired) electrons. The first-order chi connectivity index (χ1) is 6.19. The summed E-state index contributed by atoms with van der Waals surface area (Å²) >= 11 is 5.94. The zero-order valence-electron chi connectivity index (χ0n) is 7.46. The molecule has 1 unspecified atom stereocenters. The maximum atomic E-state index is 5.94. The Morgan fingerprint density at radius 1 is 1.62 bits per heavy atom. The summed E-state index contributed by atoms with van der Waals surface area (Å²) in [4.78, 5) is 0. The highest BCUT2D eigenvalue weighted by Gasteiger charge is 2.07. The van der Waals surface area contributed by atoms with E-state index in [0.29, 0.717) is 5.02 Å². The molecule has 0 aliphatic rings. The minimum Gasteiger partial charge on any atom is -0.497 e. The summed E-state index contributed by atoms with van der Waals surface area (Å²) in [6, 6.07) is 5.12. The van der Waals surface area contributed by atoms with Gasteiger partial charge in [0.15, 0.2) is 0 Å². The molecular weight excluding hydrogens is 186 g/mol. The highest BCUT2D eigenvalue weighted by molar-refractivity contribution is 6.31. The van der Waals surface area contributed by atoms with Crippen molar-refractivity contribution in [3.8, 4) is 5.75 Å². The second-order valence-corrected chi connectivity index (χ2v) is 3.06. The Morgan fingerprint density at radius 2 is 2.31 bits per heavy atom. The summed E-state index contributed by atoms with van der Waals surface area (Å²) in [5, 5.41) is 0.633. The van der Waals surface area contributed by atoms with E-state index in [9.17, 15) is 0 Å². The number of ether oxygens (including phenoxy) is 1. The lowest BCUT2D eigenvalue weighted by Gasteiger charge is -2.10. The fourth-order valence-electron chi connectivity index (χ4n) is 1.03. The van der Waals surface area contributed by atoms with Crippen molar-refractivity contribution in [3.63, 3.8) is 0 Å². The molecule has 70 valence electrons. The largest absolute Gasteiger partial charge is 0.497 e. The van der Waals surface area contributed by atoms with E-state index in [-0.39, 0.29) is 6.04 Å². The summed E-state index contributed by atoms with van der Waals surface area (Å²) in [5.74, 6) is 0.747. The van der Waals surface area contributed by atoms with E-state index in [1.54, 1.807) is 25.3 Å². The molecule has 2 N–H and O–H groups in total. The van der Waals surface area contributed by atoms with Crippen LogP contribution in [0.15, 0.2) is 30.9 Å². The zero-order chi connectivity index (χ0) is 9.84.